The Bertz CT molecular complexity index is 1200. The minimum absolute atomic E-state index is 0.0415. The molecule has 1 saturated heterocycles. The van der Waals surface area contributed by atoms with E-state index in [1.165, 1.54) is 23.9 Å². The number of thioether (sulfide) groups is 1. The van der Waals surface area contributed by atoms with Gasteiger partial charge in [0.1, 0.15) is 11.1 Å². The van der Waals surface area contributed by atoms with Crippen molar-refractivity contribution >= 4 is 17.7 Å². The third kappa shape index (κ3) is 5.44. The van der Waals surface area contributed by atoms with Crippen molar-refractivity contribution in [3.8, 4) is 28.5 Å². The Hall–Kier alpha value is -3.28. The Labute approximate surface area is 201 Å². The van der Waals surface area contributed by atoms with Crippen LogP contribution in [0.4, 0.5) is 8.78 Å². The standard InChI is InChI=1S/C26H23F2N3O2S/c1-26(27,28)20-9-7-18(8-10-20)21-15-23(19-5-3-2-4-6-19)30-25(22(21)16-29)34-17-24(32)31-11-13-33-14-12-31/h2-10,15H,11-14,17H2,1H3. The molecule has 0 radical (unpaired) electrons. The second-order valence-corrected chi connectivity index (χ2v) is 8.92. The topological polar surface area (TPSA) is 66.2 Å². The number of ether oxygens (including phenoxy) is 1. The third-order valence-corrected chi connectivity index (χ3v) is 6.53. The molecule has 0 N–H and O–H groups in total. The van der Waals surface area contributed by atoms with Crippen LogP contribution in [0.3, 0.4) is 0 Å². The summed E-state index contributed by atoms with van der Waals surface area (Å²) >= 11 is 1.21. The molecule has 1 aliphatic rings. The van der Waals surface area contributed by atoms with Gasteiger partial charge in [-0.1, -0.05) is 66.4 Å². The smallest absolute Gasteiger partial charge is 0.270 e. The number of carbonyl (C=O) groups excluding carboxylic acids is 1. The van der Waals surface area contributed by atoms with Crippen LogP contribution in [-0.2, 0) is 15.5 Å². The lowest BCUT2D eigenvalue weighted by Crippen LogP contribution is -2.41. The number of benzene rings is 2. The Morgan fingerprint density at radius 2 is 1.79 bits per heavy atom. The number of morpholine rings is 1. The molecule has 174 valence electrons. The molecule has 0 unspecified atom stereocenters. The van der Waals surface area contributed by atoms with E-state index in [1.807, 2.05) is 30.3 Å². The molecule has 34 heavy (non-hydrogen) atoms. The third-order valence-electron chi connectivity index (χ3n) is 5.57. The molecule has 5 nitrogen and oxygen atoms in total. The summed E-state index contributed by atoms with van der Waals surface area (Å²) in [6, 6.07) is 19.4. The first kappa shape index (κ1) is 23.9. The number of nitriles is 1. The van der Waals surface area contributed by atoms with Gasteiger partial charge in [0, 0.05) is 36.7 Å². The molecular formula is C26H23F2N3O2S. The van der Waals surface area contributed by atoms with Crippen molar-refractivity contribution < 1.29 is 18.3 Å². The summed E-state index contributed by atoms with van der Waals surface area (Å²) in [7, 11) is 0. The first-order valence-electron chi connectivity index (χ1n) is 10.8. The van der Waals surface area contributed by atoms with Crippen molar-refractivity contribution in [2.45, 2.75) is 17.9 Å². The molecule has 1 amide bonds. The molecule has 0 atom stereocenters. The summed E-state index contributed by atoms with van der Waals surface area (Å²) < 4.78 is 32.7. The van der Waals surface area contributed by atoms with E-state index in [-0.39, 0.29) is 17.2 Å². The molecule has 2 heterocycles. The van der Waals surface area contributed by atoms with Crippen molar-refractivity contribution in [1.82, 2.24) is 9.88 Å². The second-order valence-electron chi connectivity index (χ2n) is 7.96. The van der Waals surface area contributed by atoms with Crippen LogP contribution in [0.1, 0.15) is 18.1 Å². The number of pyridine rings is 1. The number of carbonyl (C=O) groups is 1. The van der Waals surface area contributed by atoms with Crippen LogP contribution in [0.2, 0.25) is 0 Å². The van der Waals surface area contributed by atoms with Crippen molar-refractivity contribution in [1.29, 1.82) is 5.26 Å². The lowest BCUT2D eigenvalue weighted by Gasteiger charge is -2.26. The Kier molecular flexibility index (Phi) is 7.25. The fourth-order valence-corrected chi connectivity index (χ4v) is 4.60. The second kappa shape index (κ2) is 10.3. The highest BCUT2D eigenvalue weighted by Gasteiger charge is 2.25. The van der Waals surface area contributed by atoms with Gasteiger partial charge in [0.25, 0.3) is 5.92 Å². The fourth-order valence-electron chi connectivity index (χ4n) is 3.70. The molecule has 1 aliphatic heterocycles. The maximum atomic E-state index is 13.7. The molecular weight excluding hydrogens is 456 g/mol. The minimum atomic E-state index is -2.95. The highest BCUT2D eigenvalue weighted by molar-refractivity contribution is 8.00. The summed E-state index contributed by atoms with van der Waals surface area (Å²) in [6.07, 6.45) is 0. The molecule has 0 spiro atoms. The highest BCUT2D eigenvalue weighted by atomic mass is 32.2. The van der Waals surface area contributed by atoms with E-state index in [4.69, 9.17) is 9.72 Å². The molecule has 1 aromatic heterocycles. The zero-order valence-corrected chi connectivity index (χ0v) is 19.4. The van der Waals surface area contributed by atoms with E-state index in [0.29, 0.717) is 53.7 Å². The van der Waals surface area contributed by atoms with Gasteiger partial charge in [-0.25, -0.2) is 13.8 Å². The zero-order valence-electron chi connectivity index (χ0n) is 18.6. The van der Waals surface area contributed by atoms with Gasteiger partial charge < -0.3 is 9.64 Å². The van der Waals surface area contributed by atoms with Gasteiger partial charge in [-0.05, 0) is 11.6 Å². The van der Waals surface area contributed by atoms with Crippen LogP contribution >= 0.6 is 11.8 Å². The summed E-state index contributed by atoms with van der Waals surface area (Å²) in [6.45, 7) is 2.96. The predicted octanol–water partition coefficient (Wildman–Crippen LogP) is 5.35. The van der Waals surface area contributed by atoms with Gasteiger partial charge in [0.15, 0.2) is 0 Å². The van der Waals surface area contributed by atoms with Crippen LogP contribution in [-0.4, -0.2) is 47.8 Å². The molecule has 8 heteroatoms. The lowest BCUT2D eigenvalue weighted by molar-refractivity contribution is -0.132. The van der Waals surface area contributed by atoms with Crippen molar-refractivity contribution in [3.05, 3.63) is 71.8 Å². The molecule has 0 aliphatic carbocycles. The maximum absolute atomic E-state index is 13.7. The summed E-state index contributed by atoms with van der Waals surface area (Å²) in [5, 5.41) is 10.4. The Morgan fingerprint density at radius 1 is 1.12 bits per heavy atom. The first-order valence-corrected chi connectivity index (χ1v) is 11.8. The lowest BCUT2D eigenvalue weighted by atomic mass is 9.97. The van der Waals surface area contributed by atoms with E-state index in [1.54, 1.807) is 23.1 Å². The van der Waals surface area contributed by atoms with Gasteiger partial charge >= 0.3 is 0 Å². The molecule has 0 bridgehead atoms. The molecule has 3 aromatic rings. The monoisotopic (exact) mass is 479 g/mol. The summed E-state index contributed by atoms with van der Waals surface area (Å²) in [5.74, 6) is -2.86. The van der Waals surface area contributed by atoms with E-state index < -0.39 is 5.92 Å². The normalized spacial score (nSPS) is 14.0. The van der Waals surface area contributed by atoms with Crippen molar-refractivity contribution in [2.75, 3.05) is 32.1 Å². The number of rotatable bonds is 6. The van der Waals surface area contributed by atoms with Crippen LogP contribution in [0, 0.1) is 11.3 Å². The van der Waals surface area contributed by atoms with Gasteiger partial charge in [-0.2, -0.15) is 5.26 Å². The van der Waals surface area contributed by atoms with Crippen molar-refractivity contribution in [3.63, 3.8) is 0 Å². The van der Waals surface area contributed by atoms with Gasteiger partial charge in [0.2, 0.25) is 5.91 Å². The van der Waals surface area contributed by atoms with E-state index in [0.717, 1.165) is 12.5 Å². The maximum Gasteiger partial charge on any atom is 0.270 e. The van der Waals surface area contributed by atoms with Gasteiger partial charge in [0.05, 0.1) is 30.2 Å². The van der Waals surface area contributed by atoms with E-state index in [9.17, 15) is 18.8 Å². The van der Waals surface area contributed by atoms with Gasteiger partial charge in [-0.15, -0.1) is 0 Å². The van der Waals surface area contributed by atoms with Gasteiger partial charge in [-0.3, -0.25) is 4.79 Å². The number of nitrogens with zero attached hydrogens (tertiary/aromatic N) is 3. The average molecular weight is 480 g/mol. The summed E-state index contributed by atoms with van der Waals surface area (Å²) in [5.41, 5.74) is 2.93. The summed E-state index contributed by atoms with van der Waals surface area (Å²) in [4.78, 5) is 19.1. The van der Waals surface area contributed by atoms with Crippen LogP contribution in [0.5, 0.6) is 0 Å². The van der Waals surface area contributed by atoms with Crippen LogP contribution in [0.25, 0.3) is 22.4 Å². The fraction of sp³-hybridized carbons (Fsp3) is 0.269. The van der Waals surface area contributed by atoms with E-state index >= 15 is 0 Å². The number of amides is 1. The number of alkyl halides is 2. The number of aromatic nitrogens is 1. The average Bonchev–Trinajstić information content (AvgIpc) is 2.87. The zero-order chi connectivity index (χ0) is 24.1. The SMILES string of the molecule is CC(F)(F)c1ccc(-c2cc(-c3ccccc3)nc(SCC(=O)N3CCOCC3)c2C#N)cc1. The number of hydrogen-bond donors (Lipinski definition) is 0. The Morgan fingerprint density at radius 3 is 2.41 bits per heavy atom. The van der Waals surface area contributed by atoms with Crippen LogP contribution < -0.4 is 0 Å². The van der Waals surface area contributed by atoms with Crippen LogP contribution in [0.15, 0.2) is 65.7 Å². The van der Waals surface area contributed by atoms with Crippen molar-refractivity contribution in [2.24, 2.45) is 0 Å². The Balaban J connectivity index is 1.72. The molecule has 4 rings (SSSR count). The molecule has 1 fully saturated rings. The largest absolute Gasteiger partial charge is 0.378 e. The minimum Gasteiger partial charge on any atom is -0.378 e. The highest BCUT2D eigenvalue weighted by Crippen LogP contribution is 2.36. The predicted molar refractivity (Wildman–Crippen MR) is 128 cm³/mol. The number of halogens is 2. The molecule has 2 aromatic carbocycles. The molecule has 0 saturated carbocycles. The first-order chi connectivity index (χ1) is 16.4. The quantitative estimate of drug-likeness (QED) is 0.446. The van der Waals surface area contributed by atoms with E-state index in [2.05, 4.69) is 6.07 Å². The number of hydrogen-bond acceptors (Lipinski definition) is 5.